The lowest BCUT2D eigenvalue weighted by atomic mass is 9.71. The molecule has 0 spiro atoms. The van der Waals surface area contributed by atoms with Crippen LogP contribution in [0.5, 0.6) is 0 Å². The van der Waals surface area contributed by atoms with E-state index in [2.05, 4.69) is 27.1 Å². The number of likely N-dealkylation sites (tertiary alicyclic amines) is 1. The van der Waals surface area contributed by atoms with E-state index < -0.39 is 5.60 Å². The van der Waals surface area contributed by atoms with Gasteiger partial charge in [0, 0.05) is 32.1 Å². The summed E-state index contributed by atoms with van der Waals surface area (Å²) in [6.07, 6.45) is 9.17. The molecule has 2 N–H and O–H groups in total. The van der Waals surface area contributed by atoms with E-state index in [0.29, 0.717) is 5.92 Å². The lowest BCUT2D eigenvalue weighted by molar-refractivity contribution is -0.0969. The molecule has 3 rings (SSSR count). The molecule has 116 valence electrons. The van der Waals surface area contributed by atoms with Crippen LogP contribution in [0, 0.1) is 5.92 Å². The molecular formula is C16H26N4O. The van der Waals surface area contributed by atoms with Crippen LogP contribution in [0.25, 0.3) is 0 Å². The minimum atomic E-state index is -0.394. The molecule has 1 saturated carbocycles. The van der Waals surface area contributed by atoms with Crippen molar-refractivity contribution in [2.75, 3.05) is 25.0 Å². The molecule has 5 heteroatoms. The van der Waals surface area contributed by atoms with E-state index in [0.717, 1.165) is 57.0 Å². The van der Waals surface area contributed by atoms with Gasteiger partial charge in [-0.3, -0.25) is 9.88 Å². The number of nitrogens with one attached hydrogen (secondary N) is 1. The average molecular weight is 290 g/mol. The molecule has 2 atom stereocenters. The van der Waals surface area contributed by atoms with E-state index in [-0.39, 0.29) is 0 Å². The van der Waals surface area contributed by atoms with Crippen LogP contribution >= 0.6 is 0 Å². The predicted molar refractivity (Wildman–Crippen MR) is 83.0 cm³/mol. The summed E-state index contributed by atoms with van der Waals surface area (Å²) in [5.74, 6) is 1.27. The van der Waals surface area contributed by atoms with Crippen molar-refractivity contribution in [3.63, 3.8) is 0 Å². The summed E-state index contributed by atoms with van der Waals surface area (Å²) >= 11 is 0. The number of hydrogen-bond donors (Lipinski definition) is 2. The molecule has 1 aliphatic carbocycles. The third-order valence-corrected chi connectivity index (χ3v) is 4.96. The van der Waals surface area contributed by atoms with Crippen molar-refractivity contribution in [3.8, 4) is 0 Å². The van der Waals surface area contributed by atoms with Crippen molar-refractivity contribution in [1.29, 1.82) is 0 Å². The molecule has 2 heterocycles. The first-order chi connectivity index (χ1) is 10.2. The molecule has 0 bridgehead atoms. The molecule has 0 radical (unpaired) electrons. The van der Waals surface area contributed by atoms with Crippen LogP contribution in [-0.2, 0) is 6.54 Å². The first kappa shape index (κ1) is 14.7. The third kappa shape index (κ3) is 3.35. The maximum absolute atomic E-state index is 10.7. The SMILES string of the molecule is CCNc1cnc(CN2CCC3(O)CCCCC3C2)cn1. The Bertz CT molecular complexity index is 464. The number of aromatic nitrogens is 2. The summed E-state index contributed by atoms with van der Waals surface area (Å²) in [5, 5.41) is 13.9. The molecule has 1 saturated heterocycles. The summed E-state index contributed by atoms with van der Waals surface area (Å²) in [6.45, 7) is 5.71. The van der Waals surface area contributed by atoms with Gasteiger partial charge in [0.05, 0.1) is 23.7 Å². The number of rotatable bonds is 4. The van der Waals surface area contributed by atoms with Crippen LogP contribution in [0.1, 0.15) is 44.7 Å². The molecule has 21 heavy (non-hydrogen) atoms. The second-order valence-electron chi connectivity index (χ2n) is 6.45. The topological polar surface area (TPSA) is 61.3 Å². The zero-order chi connectivity index (χ0) is 14.7. The molecule has 0 aromatic carbocycles. The van der Waals surface area contributed by atoms with Gasteiger partial charge in [-0.1, -0.05) is 12.8 Å². The Morgan fingerprint density at radius 3 is 3.00 bits per heavy atom. The molecule has 2 aliphatic rings. The fourth-order valence-corrected chi connectivity index (χ4v) is 3.72. The summed E-state index contributed by atoms with van der Waals surface area (Å²) in [6, 6.07) is 0. The molecule has 1 aromatic heterocycles. The Morgan fingerprint density at radius 2 is 2.24 bits per heavy atom. The van der Waals surface area contributed by atoms with Crippen molar-refractivity contribution >= 4 is 5.82 Å². The fraction of sp³-hybridized carbons (Fsp3) is 0.750. The quantitative estimate of drug-likeness (QED) is 0.888. The molecule has 2 unspecified atom stereocenters. The maximum atomic E-state index is 10.7. The van der Waals surface area contributed by atoms with Crippen LogP contribution in [0.15, 0.2) is 12.4 Å². The number of fused-ring (bicyclic) bond motifs is 1. The van der Waals surface area contributed by atoms with E-state index in [1.54, 1.807) is 6.20 Å². The average Bonchev–Trinajstić information content (AvgIpc) is 2.50. The Morgan fingerprint density at radius 1 is 1.33 bits per heavy atom. The van der Waals surface area contributed by atoms with Gasteiger partial charge >= 0.3 is 0 Å². The molecule has 2 fully saturated rings. The second-order valence-corrected chi connectivity index (χ2v) is 6.45. The van der Waals surface area contributed by atoms with Gasteiger partial charge in [0.15, 0.2) is 0 Å². The molecule has 0 amide bonds. The van der Waals surface area contributed by atoms with Crippen molar-refractivity contribution in [1.82, 2.24) is 14.9 Å². The molecule has 1 aliphatic heterocycles. The van der Waals surface area contributed by atoms with Gasteiger partial charge < -0.3 is 10.4 Å². The summed E-state index contributed by atoms with van der Waals surface area (Å²) in [5.41, 5.74) is 0.618. The summed E-state index contributed by atoms with van der Waals surface area (Å²) < 4.78 is 0. The highest BCUT2D eigenvalue weighted by molar-refractivity contribution is 5.30. The Labute approximate surface area is 126 Å². The van der Waals surface area contributed by atoms with Crippen LogP contribution < -0.4 is 5.32 Å². The summed E-state index contributed by atoms with van der Waals surface area (Å²) in [7, 11) is 0. The fourth-order valence-electron chi connectivity index (χ4n) is 3.72. The zero-order valence-corrected chi connectivity index (χ0v) is 12.9. The number of nitrogens with zero attached hydrogens (tertiary/aromatic N) is 3. The molecule has 1 aromatic rings. The lowest BCUT2D eigenvalue weighted by Crippen LogP contribution is -2.53. The Balaban J connectivity index is 1.58. The number of piperidine rings is 1. The van der Waals surface area contributed by atoms with Crippen molar-refractivity contribution in [2.24, 2.45) is 5.92 Å². The highest BCUT2D eigenvalue weighted by atomic mass is 16.3. The first-order valence-electron chi connectivity index (χ1n) is 8.19. The van der Waals surface area contributed by atoms with Gasteiger partial charge in [-0.15, -0.1) is 0 Å². The number of anilines is 1. The standard InChI is InChI=1S/C16H26N4O/c1-2-17-15-10-18-14(9-19-15)12-20-8-7-16(21)6-4-3-5-13(16)11-20/h9-10,13,21H,2-8,11-12H2,1H3,(H,17,19). The van der Waals surface area contributed by atoms with Gasteiger partial charge in [0.25, 0.3) is 0 Å². The van der Waals surface area contributed by atoms with Crippen LogP contribution in [0.2, 0.25) is 0 Å². The Hall–Kier alpha value is -1.20. The summed E-state index contributed by atoms with van der Waals surface area (Å²) in [4.78, 5) is 11.3. The van der Waals surface area contributed by atoms with Crippen molar-refractivity contribution < 1.29 is 5.11 Å². The van der Waals surface area contributed by atoms with Crippen molar-refractivity contribution in [3.05, 3.63) is 18.1 Å². The van der Waals surface area contributed by atoms with Crippen molar-refractivity contribution in [2.45, 2.75) is 51.2 Å². The monoisotopic (exact) mass is 290 g/mol. The Kier molecular flexibility index (Phi) is 4.40. The highest BCUT2D eigenvalue weighted by Crippen LogP contribution is 2.39. The normalized spacial score (nSPS) is 29.9. The first-order valence-corrected chi connectivity index (χ1v) is 8.19. The largest absolute Gasteiger partial charge is 0.390 e. The van der Waals surface area contributed by atoms with Gasteiger partial charge in [0.1, 0.15) is 5.82 Å². The molecular weight excluding hydrogens is 264 g/mol. The van der Waals surface area contributed by atoms with Gasteiger partial charge in [0.2, 0.25) is 0 Å². The zero-order valence-electron chi connectivity index (χ0n) is 12.9. The highest BCUT2D eigenvalue weighted by Gasteiger charge is 2.42. The lowest BCUT2D eigenvalue weighted by Gasteiger charge is -2.47. The van der Waals surface area contributed by atoms with Gasteiger partial charge in [-0.25, -0.2) is 4.98 Å². The van der Waals surface area contributed by atoms with Crippen LogP contribution in [0.4, 0.5) is 5.82 Å². The minimum absolute atomic E-state index is 0.394. The number of hydrogen-bond acceptors (Lipinski definition) is 5. The predicted octanol–water partition coefficient (Wildman–Crippen LogP) is 2.04. The van der Waals surface area contributed by atoms with E-state index in [1.807, 2.05) is 6.20 Å². The van der Waals surface area contributed by atoms with E-state index in [9.17, 15) is 5.11 Å². The smallest absolute Gasteiger partial charge is 0.144 e. The van der Waals surface area contributed by atoms with Crippen LogP contribution in [0.3, 0.4) is 0 Å². The maximum Gasteiger partial charge on any atom is 0.144 e. The second kappa shape index (κ2) is 6.28. The number of aliphatic hydroxyl groups is 1. The van der Waals surface area contributed by atoms with E-state index in [4.69, 9.17) is 0 Å². The van der Waals surface area contributed by atoms with Gasteiger partial charge in [-0.2, -0.15) is 0 Å². The molecule has 5 nitrogen and oxygen atoms in total. The third-order valence-electron chi connectivity index (χ3n) is 4.96. The minimum Gasteiger partial charge on any atom is -0.390 e. The van der Waals surface area contributed by atoms with Crippen LogP contribution in [-0.4, -0.2) is 45.2 Å². The van der Waals surface area contributed by atoms with E-state index in [1.165, 1.54) is 12.8 Å². The van der Waals surface area contributed by atoms with Gasteiger partial charge in [-0.05, 0) is 26.2 Å². The van der Waals surface area contributed by atoms with E-state index >= 15 is 0 Å².